The van der Waals surface area contributed by atoms with Crippen molar-refractivity contribution in [3.8, 4) is 0 Å². The van der Waals surface area contributed by atoms with Crippen LogP contribution in [0, 0.1) is 29.5 Å². The van der Waals surface area contributed by atoms with Crippen molar-refractivity contribution in [3.63, 3.8) is 0 Å². The Bertz CT molecular complexity index is 1200. The Hall–Kier alpha value is -3.03. The van der Waals surface area contributed by atoms with Crippen LogP contribution < -0.4 is 5.32 Å². The van der Waals surface area contributed by atoms with Crippen LogP contribution in [0.3, 0.4) is 0 Å². The van der Waals surface area contributed by atoms with Gasteiger partial charge in [0.1, 0.15) is 11.6 Å². The highest BCUT2D eigenvalue weighted by molar-refractivity contribution is 5.91. The maximum Gasteiger partial charge on any atom is 0.417 e. The van der Waals surface area contributed by atoms with Crippen molar-refractivity contribution in [2.45, 2.75) is 44.7 Å². The molecule has 0 bridgehead atoms. The molecular weight excluding hydrogens is 446 g/mol. The smallest absolute Gasteiger partial charge is 0.310 e. The first-order valence-corrected chi connectivity index (χ1v) is 11.6. The fourth-order valence-corrected chi connectivity index (χ4v) is 5.91. The monoisotopic (exact) mass is 471 g/mol. The molecule has 5 rings (SSSR count). The first-order chi connectivity index (χ1) is 16.2. The minimum Gasteiger partial charge on any atom is -0.310 e. The summed E-state index contributed by atoms with van der Waals surface area (Å²) in [6.45, 7) is 1.88. The van der Waals surface area contributed by atoms with Crippen molar-refractivity contribution < 1.29 is 22.4 Å². The second-order valence-corrected chi connectivity index (χ2v) is 9.69. The summed E-state index contributed by atoms with van der Waals surface area (Å²) in [7, 11) is 0. The lowest BCUT2D eigenvalue weighted by atomic mass is 9.86. The third-order valence-electron chi connectivity index (χ3n) is 7.69. The number of carbonyl (C=O) groups excluding carboxylic acids is 1. The van der Waals surface area contributed by atoms with Crippen molar-refractivity contribution in [1.82, 2.24) is 9.97 Å². The maximum atomic E-state index is 13.9. The van der Waals surface area contributed by atoms with Crippen LogP contribution in [0.1, 0.15) is 49.7 Å². The number of hydrogen-bond acceptors (Lipinski definition) is 3. The van der Waals surface area contributed by atoms with Crippen molar-refractivity contribution in [3.05, 3.63) is 65.7 Å². The SMILES string of the molecule is CC(C(=O)Nc1ccc(C(F)(F)F)cn1)[C@H]1C[C@H]2CC(c3ccnc4ccc(F)cc34)C[C@H]2C1. The Labute approximate surface area is 194 Å². The fourth-order valence-electron chi connectivity index (χ4n) is 5.91. The molecule has 3 aromatic rings. The van der Waals surface area contributed by atoms with Gasteiger partial charge in [-0.05, 0) is 91.3 Å². The van der Waals surface area contributed by atoms with Crippen LogP contribution >= 0.6 is 0 Å². The van der Waals surface area contributed by atoms with Gasteiger partial charge in [0.15, 0.2) is 0 Å². The van der Waals surface area contributed by atoms with Crippen molar-refractivity contribution in [1.29, 1.82) is 0 Å². The van der Waals surface area contributed by atoms with Gasteiger partial charge in [-0.1, -0.05) is 6.92 Å². The molecule has 2 aliphatic carbocycles. The van der Waals surface area contributed by atoms with E-state index in [2.05, 4.69) is 15.3 Å². The molecule has 4 nitrogen and oxygen atoms in total. The highest BCUT2D eigenvalue weighted by Crippen LogP contribution is 2.54. The summed E-state index contributed by atoms with van der Waals surface area (Å²) < 4.78 is 52.0. The molecule has 1 amide bonds. The molecule has 2 unspecified atom stereocenters. The van der Waals surface area contributed by atoms with Gasteiger partial charge in [-0.25, -0.2) is 9.37 Å². The number of nitrogens with zero attached hydrogens (tertiary/aromatic N) is 2. The number of hydrogen-bond donors (Lipinski definition) is 1. The number of alkyl halides is 3. The van der Waals surface area contributed by atoms with E-state index in [1.165, 1.54) is 12.1 Å². The van der Waals surface area contributed by atoms with E-state index in [0.717, 1.165) is 54.4 Å². The van der Waals surface area contributed by atoms with Gasteiger partial charge < -0.3 is 5.32 Å². The maximum absolute atomic E-state index is 13.9. The van der Waals surface area contributed by atoms with Crippen molar-refractivity contribution in [2.75, 3.05) is 5.32 Å². The summed E-state index contributed by atoms with van der Waals surface area (Å²) in [6.07, 6.45) is 1.95. The van der Waals surface area contributed by atoms with Crippen molar-refractivity contribution in [2.24, 2.45) is 23.7 Å². The van der Waals surface area contributed by atoms with Gasteiger partial charge in [-0.3, -0.25) is 9.78 Å². The molecule has 178 valence electrons. The van der Waals surface area contributed by atoms with E-state index in [4.69, 9.17) is 0 Å². The summed E-state index contributed by atoms with van der Waals surface area (Å²) in [5.74, 6) is 0.967. The number of aromatic nitrogens is 2. The van der Waals surface area contributed by atoms with Gasteiger partial charge >= 0.3 is 6.18 Å². The number of nitrogens with one attached hydrogen (secondary N) is 1. The lowest BCUT2D eigenvalue weighted by Crippen LogP contribution is -2.26. The Balaban J connectivity index is 1.21. The number of carbonyl (C=O) groups is 1. The van der Waals surface area contributed by atoms with Gasteiger partial charge in [-0.2, -0.15) is 13.2 Å². The van der Waals surface area contributed by atoms with Crippen LogP contribution in [0.4, 0.5) is 23.4 Å². The molecule has 0 radical (unpaired) electrons. The molecule has 2 aromatic heterocycles. The quantitative estimate of drug-likeness (QED) is 0.437. The van der Waals surface area contributed by atoms with E-state index in [9.17, 15) is 22.4 Å². The number of halogens is 4. The predicted octanol–water partition coefficient (Wildman–Crippen LogP) is 6.58. The normalized spacial score (nSPS) is 25.3. The third-order valence-corrected chi connectivity index (χ3v) is 7.69. The van der Waals surface area contributed by atoms with Crippen LogP contribution in [0.15, 0.2) is 48.8 Å². The molecule has 0 aliphatic heterocycles. The van der Waals surface area contributed by atoms with E-state index in [1.807, 2.05) is 13.0 Å². The van der Waals surface area contributed by atoms with E-state index >= 15 is 0 Å². The summed E-state index contributed by atoms with van der Waals surface area (Å²) in [5, 5.41) is 3.54. The van der Waals surface area contributed by atoms with Crippen LogP contribution in [-0.2, 0) is 11.0 Å². The Morgan fingerprint density at radius 3 is 2.41 bits per heavy atom. The molecule has 2 saturated carbocycles. The first kappa shape index (κ1) is 22.7. The summed E-state index contributed by atoms with van der Waals surface area (Å²) >= 11 is 0. The second kappa shape index (κ2) is 8.64. The number of anilines is 1. The highest BCUT2D eigenvalue weighted by atomic mass is 19.4. The molecule has 2 heterocycles. The molecule has 0 saturated heterocycles. The van der Waals surface area contributed by atoms with Crippen LogP contribution in [0.2, 0.25) is 0 Å². The molecule has 2 aliphatic rings. The van der Waals surface area contributed by atoms with Gasteiger partial charge in [0, 0.05) is 23.7 Å². The second-order valence-electron chi connectivity index (χ2n) is 9.69. The molecule has 8 heteroatoms. The summed E-state index contributed by atoms with van der Waals surface area (Å²) in [6, 6.07) is 8.81. The average molecular weight is 471 g/mol. The number of pyridine rings is 2. The Morgan fingerprint density at radius 2 is 1.76 bits per heavy atom. The molecule has 1 N–H and O–H groups in total. The highest BCUT2D eigenvalue weighted by Gasteiger charge is 2.44. The van der Waals surface area contributed by atoms with Crippen LogP contribution in [0.25, 0.3) is 10.9 Å². The van der Waals surface area contributed by atoms with Gasteiger partial charge in [0.25, 0.3) is 0 Å². The zero-order valence-electron chi connectivity index (χ0n) is 18.6. The van der Waals surface area contributed by atoms with E-state index in [0.29, 0.717) is 17.8 Å². The average Bonchev–Trinajstić information content (AvgIpc) is 3.37. The number of amides is 1. The van der Waals surface area contributed by atoms with E-state index in [-0.39, 0.29) is 29.4 Å². The third kappa shape index (κ3) is 4.38. The van der Waals surface area contributed by atoms with Crippen molar-refractivity contribution >= 4 is 22.6 Å². The topological polar surface area (TPSA) is 54.9 Å². The lowest BCUT2D eigenvalue weighted by Gasteiger charge is -2.21. The predicted molar refractivity (Wildman–Crippen MR) is 120 cm³/mol. The minimum absolute atomic E-state index is 0.125. The zero-order valence-corrected chi connectivity index (χ0v) is 18.6. The molecule has 5 atom stereocenters. The van der Waals surface area contributed by atoms with Gasteiger partial charge in [0.05, 0.1) is 11.1 Å². The molecule has 1 aromatic carbocycles. The standard InChI is InChI=1S/C26H25F4N3O/c1-14(25(34)33-24-5-2-19(13-32-24)26(28,29)30)15-8-16-10-18(11-17(16)9-15)21-6-7-31-23-4-3-20(27)12-22(21)23/h2-7,12-18H,8-11H2,1H3,(H,32,33,34)/t14?,15-,16-,17+,18?. The fraction of sp³-hybridized carbons (Fsp3) is 0.423. The summed E-state index contributed by atoms with van der Waals surface area (Å²) in [4.78, 5) is 20.9. The largest absolute Gasteiger partial charge is 0.417 e. The van der Waals surface area contributed by atoms with Crippen LogP contribution in [0.5, 0.6) is 0 Å². The Kier molecular flexibility index (Phi) is 5.78. The number of fused-ring (bicyclic) bond motifs is 2. The molecule has 2 fully saturated rings. The molecule has 34 heavy (non-hydrogen) atoms. The molecule has 0 spiro atoms. The van der Waals surface area contributed by atoms with Crippen LogP contribution in [-0.4, -0.2) is 15.9 Å². The van der Waals surface area contributed by atoms with E-state index in [1.54, 1.807) is 18.3 Å². The zero-order chi connectivity index (χ0) is 24.0. The lowest BCUT2D eigenvalue weighted by molar-refractivity contribution is -0.137. The summed E-state index contributed by atoms with van der Waals surface area (Å²) in [5.41, 5.74) is 1.10. The number of benzene rings is 1. The Morgan fingerprint density at radius 1 is 1.03 bits per heavy atom. The first-order valence-electron chi connectivity index (χ1n) is 11.6. The minimum atomic E-state index is -4.46. The van der Waals surface area contributed by atoms with Gasteiger partial charge in [-0.15, -0.1) is 0 Å². The van der Waals surface area contributed by atoms with Gasteiger partial charge in [0.2, 0.25) is 5.91 Å². The van der Waals surface area contributed by atoms with E-state index < -0.39 is 11.7 Å². The molecular formula is C26H25F4N3O. The number of rotatable bonds is 4.